The highest BCUT2D eigenvalue weighted by Crippen LogP contribution is 2.12. The molecule has 0 atom stereocenters. The normalized spacial score (nSPS) is 11.0. The number of benzene rings is 1. The molecule has 0 fully saturated rings. The van der Waals surface area contributed by atoms with Crippen molar-refractivity contribution < 1.29 is 19.1 Å². The van der Waals surface area contributed by atoms with Crippen LogP contribution in [0.3, 0.4) is 0 Å². The number of ketones is 2. The van der Waals surface area contributed by atoms with Gasteiger partial charge in [0.15, 0.2) is 11.6 Å². The van der Waals surface area contributed by atoms with E-state index in [-0.39, 0.29) is 12.2 Å². The first-order valence-electron chi connectivity index (χ1n) is 5.65. The number of rotatable bonds is 5. The van der Waals surface area contributed by atoms with Gasteiger partial charge in [0.2, 0.25) is 0 Å². The summed E-state index contributed by atoms with van der Waals surface area (Å²) in [5.41, 5.74) is 0.154. The molecule has 0 aliphatic heterocycles. The van der Waals surface area contributed by atoms with E-state index in [0.29, 0.717) is 5.56 Å². The van der Waals surface area contributed by atoms with Gasteiger partial charge in [-0.1, -0.05) is 15.9 Å². The third-order valence-electron chi connectivity index (χ3n) is 2.28. The predicted octanol–water partition coefficient (Wildman–Crippen LogP) is 2.71. The van der Waals surface area contributed by atoms with Crippen LogP contribution in [0, 0.1) is 0 Å². The Morgan fingerprint density at radius 1 is 1.21 bits per heavy atom. The Balaban J connectivity index is 3.02. The molecule has 1 aromatic rings. The summed E-state index contributed by atoms with van der Waals surface area (Å²) in [7, 11) is 0. The third-order valence-corrected chi connectivity index (χ3v) is 2.81. The van der Waals surface area contributed by atoms with Crippen LogP contribution in [0.2, 0.25) is 0 Å². The molecule has 0 radical (unpaired) electrons. The molecule has 1 rings (SSSR count). The summed E-state index contributed by atoms with van der Waals surface area (Å²) in [5.74, 6) is -1.69. The highest BCUT2D eigenvalue weighted by Gasteiger charge is 2.17. The largest absolute Gasteiger partial charge is 0.462 e. The molecule has 100 valence electrons. The highest BCUT2D eigenvalue weighted by molar-refractivity contribution is 9.10. The van der Waals surface area contributed by atoms with E-state index in [2.05, 4.69) is 15.9 Å². The molecule has 0 aromatic heterocycles. The molecule has 0 unspecified atom stereocenters. The van der Waals surface area contributed by atoms with Gasteiger partial charge in [-0.2, -0.15) is 0 Å². The van der Waals surface area contributed by atoms with E-state index in [9.17, 15) is 14.4 Å². The van der Waals surface area contributed by atoms with Gasteiger partial charge in [-0.3, -0.25) is 9.59 Å². The van der Waals surface area contributed by atoms with Gasteiger partial charge in [-0.15, -0.1) is 0 Å². The monoisotopic (exact) mass is 324 g/mol. The number of halogens is 1. The number of hydrogen-bond donors (Lipinski definition) is 0. The Morgan fingerprint density at radius 2 is 1.79 bits per heavy atom. The molecule has 0 amide bonds. The van der Waals surface area contributed by atoms with Crippen LogP contribution < -0.4 is 0 Å². The van der Waals surface area contributed by atoms with Crippen LogP contribution in [-0.2, 0) is 14.3 Å². The van der Waals surface area contributed by atoms with Crippen LogP contribution in [0.25, 0.3) is 0 Å². The fraction of sp³-hybridized carbons (Fsp3) is 0.214. The molecule has 4 nitrogen and oxygen atoms in total. The minimum Gasteiger partial charge on any atom is -0.462 e. The van der Waals surface area contributed by atoms with Crippen LogP contribution in [0.4, 0.5) is 0 Å². The summed E-state index contributed by atoms with van der Waals surface area (Å²) in [6.07, 6.45) is 1.02. The Bertz CT molecular complexity index is 529. The number of hydrogen-bond acceptors (Lipinski definition) is 4. The maximum absolute atomic E-state index is 11.9. The quantitative estimate of drug-likeness (QED) is 0.275. The average Bonchev–Trinajstić information content (AvgIpc) is 2.36. The zero-order chi connectivity index (χ0) is 14.4. The van der Waals surface area contributed by atoms with E-state index in [1.165, 1.54) is 6.92 Å². The van der Waals surface area contributed by atoms with Gasteiger partial charge in [0.25, 0.3) is 0 Å². The van der Waals surface area contributed by atoms with Gasteiger partial charge in [0, 0.05) is 16.1 Å². The number of carbonyl (C=O) groups excluding carboxylic acids is 3. The van der Waals surface area contributed by atoms with E-state index >= 15 is 0 Å². The number of carbonyl (C=O) groups is 3. The maximum atomic E-state index is 11.9. The lowest BCUT2D eigenvalue weighted by molar-refractivity contribution is -0.139. The lowest BCUT2D eigenvalue weighted by Gasteiger charge is -2.03. The van der Waals surface area contributed by atoms with Crippen molar-refractivity contribution in [3.8, 4) is 0 Å². The predicted molar refractivity (Wildman–Crippen MR) is 73.9 cm³/mol. The van der Waals surface area contributed by atoms with Gasteiger partial charge in [-0.25, -0.2) is 4.79 Å². The molecule has 0 aliphatic carbocycles. The first kappa shape index (κ1) is 15.3. The number of allylic oxidation sites excluding steroid dienone is 1. The molecular formula is C14H13BrO4. The van der Waals surface area contributed by atoms with Gasteiger partial charge < -0.3 is 4.74 Å². The van der Waals surface area contributed by atoms with E-state index in [4.69, 9.17) is 4.74 Å². The number of ether oxygens (including phenoxy) is 1. The highest BCUT2D eigenvalue weighted by atomic mass is 79.9. The standard InChI is InChI=1S/C14H13BrO4/c1-3-19-14(18)12(9(2)16)8-13(17)10-4-6-11(15)7-5-10/h4-8H,3H2,1-2H3/b12-8+. The van der Waals surface area contributed by atoms with Crippen molar-refractivity contribution in [3.63, 3.8) is 0 Å². The van der Waals surface area contributed by atoms with Gasteiger partial charge in [0.1, 0.15) is 5.57 Å². The molecular weight excluding hydrogens is 312 g/mol. The SMILES string of the molecule is CCOC(=O)/C(=C/C(=O)c1ccc(Br)cc1)C(C)=O. The Morgan fingerprint density at radius 3 is 2.26 bits per heavy atom. The summed E-state index contributed by atoms with van der Waals surface area (Å²) in [6, 6.07) is 6.62. The van der Waals surface area contributed by atoms with E-state index in [1.807, 2.05) is 0 Å². The van der Waals surface area contributed by atoms with E-state index in [0.717, 1.165) is 10.5 Å². The molecule has 0 aliphatic rings. The zero-order valence-electron chi connectivity index (χ0n) is 10.6. The number of esters is 1. The first-order valence-corrected chi connectivity index (χ1v) is 6.44. The molecule has 1 aromatic carbocycles. The minimum atomic E-state index is -0.777. The smallest absolute Gasteiger partial charge is 0.341 e. The molecule has 0 spiro atoms. The lowest BCUT2D eigenvalue weighted by Crippen LogP contribution is -2.15. The van der Waals surface area contributed by atoms with Crippen molar-refractivity contribution in [1.82, 2.24) is 0 Å². The Hall–Kier alpha value is -1.75. The van der Waals surface area contributed by atoms with E-state index in [1.54, 1.807) is 31.2 Å². The van der Waals surface area contributed by atoms with E-state index < -0.39 is 17.5 Å². The molecule has 5 heteroatoms. The van der Waals surface area contributed by atoms with Crippen molar-refractivity contribution in [2.24, 2.45) is 0 Å². The molecule has 19 heavy (non-hydrogen) atoms. The third kappa shape index (κ3) is 4.44. The fourth-order valence-corrected chi connectivity index (χ4v) is 1.61. The van der Waals surface area contributed by atoms with Crippen molar-refractivity contribution in [1.29, 1.82) is 0 Å². The van der Waals surface area contributed by atoms with Gasteiger partial charge in [-0.05, 0) is 38.1 Å². The van der Waals surface area contributed by atoms with Gasteiger partial charge >= 0.3 is 5.97 Å². The summed E-state index contributed by atoms with van der Waals surface area (Å²) < 4.78 is 5.57. The van der Waals surface area contributed by atoms with Crippen LogP contribution >= 0.6 is 15.9 Å². The molecule has 0 saturated carbocycles. The van der Waals surface area contributed by atoms with Crippen molar-refractivity contribution >= 4 is 33.5 Å². The zero-order valence-corrected chi connectivity index (χ0v) is 12.2. The van der Waals surface area contributed by atoms with Gasteiger partial charge in [0.05, 0.1) is 6.61 Å². The molecule has 0 saturated heterocycles. The van der Waals surface area contributed by atoms with Crippen molar-refractivity contribution in [2.45, 2.75) is 13.8 Å². The summed E-state index contributed by atoms with van der Waals surface area (Å²) >= 11 is 3.26. The second-order valence-corrected chi connectivity index (χ2v) is 4.62. The molecule has 0 bridgehead atoms. The second kappa shape index (κ2) is 6.99. The van der Waals surface area contributed by atoms with Crippen molar-refractivity contribution in [3.05, 3.63) is 46.0 Å². The first-order chi connectivity index (χ1) is 8.95. The lowest BCUT2D eigenvalue weighted by atomic mass is 10.1. The van der Waals surface area contributed by atoms with Crippen LogP contribution in [-0.4, -0.2) is 24.1 Å². The molecule has 0 heterocycles. The van der Waals surface area contributed by atoms with Crippen molar-refractivity contribution in [2.75, 3.05) is 6.61 Å². The Kier molecular flexibility index (Phi) is 5.63. The Labute approximate surface area is 119 Å². The summed E-state index contributed by atoms with van der Waals surface area (Å²) in [5, 5.41) is 0. The number of Topliss-reactive ketones (excluding diaryl/α,β-unsaturated/α-hetero) is 1. The van der Waals surface area contributed by atoms with Crippen LogP contribution in [0.5, 0.6) is 0 Å². The second-order valence-electron chi connectivity index (χ2n) is 3.71. The van der Waals surface area contributed by atoms with Crippen LogP contribution in [0.1, 0.15) is 24.2 Å². The van der Waals surface area contributed by atoms with Crippen LogP contribution in [0.15, 0.2) is 40.4 Å². The topological polar surface area (TPSA) is 60.4 Å². The molecule has 0 N–H and O–H groups in total. The summed E-state index contributed by atoms with van der Waals surface area (Å²) in [6.45, 7) is 3.00. The minimum absolute atomic E-state index is 0.149. The fourth-order valence-electron chi connectivity index (χ4n) is 1.34. The average molecular weight is 325 g/mol. The maximum Gasteiger partial charge on any atom is 0.341 e. The summed E-state index contributed by atoms with van der Waals surface area (Å²) in [4.78, 5) is 34.8.